The summed E-state index contributed by atoms with van der Waals surface area (Å²) in [5, 5.41) is 2.65. The molecule has 1 heterocycles. The quantitative estimate of drug-likeness (QED) is 0.790. The topological polar surface area (TPSA) is 84.9 Å². The predicted octanol–water partition coefficient (Wildman–Crippen LogP) is 1.82. The Morgan fingerprint density at radius 1 is 1.33 bits per heavy atom. The predicted molar refractivity (Wildman–Crippen MR) is 94.6 cm³/mol. The van der Waals surface area contributed by atoms with Crippen LogP contribution in [-0.4, -0.2) is 55.1 Å². The number of carbonyl (C=O) groups is 3. The van der Waals surface area contributed by atoms with Crippen LogP contribution in [0.4, 0.5) is 10.1 Å². The smallest absolute Gasteiger partial charge is 0.340 e. The summed E-state index contributed by atoms with van der Waals surface area (Å²) >= 11 is 0. The maximum Gasteiger partial charge on any atom is 0.340 e. The zero-order valence-corrected chi connectivity index (χ0v) is 15.4. The normalized spacial score (nSPS) is 24.3. The Hall–Kier alpha value is -2.48. The van der Waals surface area contributed by atoms with Gasteiger partial charge in [0.25, 0.3) is 5.91 Å². The molecule has 2 fully saturated rings. The lowest BCUT2D eigenvalue weighted by molar-refractivity contribution is -0.141. The van der Waals surface area contributed by atoms with E-state index in [0.29, 0.717) is 25.6 Å². The van der Waals surface area contributed by atoms with Gasteiger partial charge in [-0.2, -0.15) is 0 Å². The molecule has 1 saturated heterocycles. The minimum absolute atomic E-state index is 0.0757. The van der Waals surface area contributed by atoms with E-state index in [9.17, 15) is 18.8 Å². The van der Waals surface area contributed by atoms with E-state index >= 15 is 0 Å². The molecule has 1 aromatic rings. The summed E-state index contributed by atoms with van der Waals surface area (Å²) in [6.45, 7) is 4.66. The minimum atomic E-state index is -0.858. The molecule has 7 nitrogen and oxygen atoms in total. The number of esters is 1. The maximum absolute atomic E-state index is 13.6. The van der Waals surface area contributed by atoms with E-state index in [1.165, 1.54) is 6.07 Å². The molecule has 0 aromatic heterocycles. The highest BCUT2D eigenvalue weighted by Gasteiger charge is 2.39. The first-order valence-electron chi connectivity index (χ1n) is 9.02. The fraction of sp³-hybridized carbons (Fsp3) is 0.526. The number of nitrogens with zero attached hydrogens (tertiary/aromatic N) is 1. The van der Waals surface area contributed by atoms with Crippen LogP contribution in [0.2, 0.25) is 0 Å². The lowest BCUT2D eigenvalue weighted by atomic mass is 10.1. The third kappa shape index (κ3) is 4.82. The fourth-order valence-corrected chi connectivity index (χ4v) is 3.05. The van der Waals surface area contributed by atoms with Crippen LogP contribution in [0.5, 0.6) is 0 Å². The van der Waals surface area contributed by atoms with Crippen molar-refractivity contribution in [2.75, 3.05) is 31.6 Å². The van der Waals surface area contributed by atoms with E-state index in [1.54, 1.807) is 4.90 Å². The van der Waals surface area contributed by atoms with Gasteiger partial charge in [-0.1, -0.05) is 6.92 Å². The van der Waals surface area contributed by atoms with Gasteiger partial charge >= 0.3 is 5.97 Å². The number of anilines is 1. The monoisotopic (exact) mass is 378 g/mol. The highest BCUT2D eigenvalue weighted by Crippen LogP contribution is 2.38. The van der Waals surface area contributed by atoms with Crippen LogP contribution in [0.1, 0.15) is 30.6 Å². The molecule has 3 rings (SSSR count). The first-order chi connectivity index (χ1) is 12.8. The molecule has 1 saturated carbocycles. The van der Waals surface area contributed by atoms with Crippen molar-refractivity contribution in [2.45, 2.75) is 26.4 Å². The molecule has 1 N–H and O–H groups in total. The molecule has 0 radical (unpaired) electrons. The average Bonchev–Trinajstić information content (AvgIpc) is 3.37. The molecule has 27 heavy (non-hydrogen) atoms. The van der Waals surface area contributed by atoms with Crippen molar-refractivity contribution in [3.8, 4) is 0 Å². The second kappa shape index (κ2) is 8.04. The Labute approximate surface area is 156 Å². The number of amides is 2. The zero-order valence-electron chi connectivity index (χ0n) is 15.4. The van der Waals surface area contributed by atoms with Crippen LogP contribution in [0, 0.1) is 17.7 Å². The largest absolute Gasteiger partial charge is 0.452 e. The summed E-state index contributed by atoms with van der Waals surface area (Å²) in [5.41, 5.74) is 0.0674. The molecule has 0 bridgehead atoms. The Kier molecular flexibility index (Phi) is 5.74. The van der Waals surface area contributed by atoms with Crippen molar-refractivity contribution >= 4 is 23.5 Å². The van der Waals surface area contributed by atoms with Crippen LogP contribution >= 0.6 is 0 Å². The van der Waals surface area contributed by atoms with E-state index in [1.807, 2.05) is 13.8 Å². The number of hydrogen-bond acceptors (Lipinski definition) is 5. The molecule has 3 atom stereocenters. The molecule has 1 aliphatic heterocycles. The van der Waals surface area contributed by atoms with Gasteiger partial charge in [-0.25, -0.2) is 9.18 Å². The summed E-state index contributed by atoms with van der Waals surface area (Å²) in [4.78, 5) is 38.2. The lowest BCUT2D eigenvalue weighted by Crippen LogP contribution is -2.46. The van der Waals surface area contributed by atoms with E-state index < -0.39 is 18.4 Å². The SMILES string of the molecule is C[C@@H]1CN(C(=O)COC(=O)c2cc(F)ccc2NC(=O)[C@@H]2C[C@@H]2C)CCO1. The van der Waals surface area contributed by atoms with Gasteiger partial charge in [0.05, 0.1) is 24.0 Å². The van der Waals surface area contributed by atoms with Crippen molar-refractivity contribution in [3.63, 3.8) is 0 Å². The van der Waals surface area contributed by atoms with Crippen LogP contribution < -0.4 is 5.32 Å². The molecule has 2 amide bonds. The Bertz CT molecular complexity index is 754. The first-order valence-corrected chi connectivity index (χ1v) is 9.02. The van der Waals surface area contributed by atoms with Crippen molar-refractivity contribution < 1.29 is 28.2 Å². The van der Waals surface area contributed by atoms with Gasteiger partial charge in [0.15, 0.2) is 6.61 Å². The molecule has 146 valence electrons. The minimum Gasteiger partial charge on any atom is -0.452 e. The number of nitrogens with one attached hydrogen (secondary N) is 1. The summed E-state index contributed by atoms with van der Waals surface area (Å²) in [5.74, 6) is -1.83. The second-order valence-corrected chi connectivity index (χ2v) is 7.10. The number of hydrogen-bond donors (Lipinski definition) is 1. The molecule has 1 aliphatic carbocycles. The van der Waals surface area contributed by atoms with Crippen LogP contribution in [0.15, 0.2) is 18.2 Å². The lowest BCUT2D eigenvalue weighted by Gasteiger charge is -2.30. The summed E-state index contributed by atoms with van der Waals surface area (Å²) in [6.07, 6.45) is 0.715. The number of morpholine rings is 1. The Morgan fingerprint density at radius 3 is 2.74 bits per heavy atom. The molecule has 1 aromatic carbocycles. The Morgan fingerprint density at radius 2 is 2.07 bits per heavy atom. The van der Waals surface area contributed by atoms with Crippen LogP contribution in [-0.2, 0) is 19.1 Å². The fourth-order valence-electron chi connectivity index (χ4n) is 3.05. The van der Waals surface area contributed by atoms with Gasteiger partial charge in [-0.05, 0) is 37.5 Å². The molecule has 0 spiro atoms. The van der Waals surface area contributed by atoms with Gasteiger partial charge in [-0.15, -0.1) is 0 Å². The highest BCUT2D eigenvalue weighted by molar-refractivity contribution is 6.03. The third-order valence-electron chi connectivity index (χ3n) is 4.83. The standard InChI is InChI=1S/C19H23FN2O5/c1-11-7-14(11)18(24)21-16-4-3-13(20)8-15(16)19(25)27-10-17(23)22-5-6-26-12(2)9-22/h3-4,8,11-12,14H,5-7,9-10H2,1-2H3,(H,21,24)/t11-,12+,14+/m0/s1. The van der Waals surface area contributed by atoms with Gasteiger partial charge < -0.3 is 19.7 Å². The zero-order chi connectivity index (χ0) is 19.6. The molecule has 2 aliphatic rings. The number of rotatable bonds is 5. The summed E-state index contributed by atoms with van der Waals surface area (Å²) in [7, 11) is 0. The van der Waals surface area contributed by atoms with E-state index in [0.717, 1.165) is 18.6 Å². The van der Waals surface area contributed by atoms with Crippen LogP contribution in [0.3, 0.4) is 0 Å². The van der Waals surface area contributed by atoms with E-state index in [4.69, 9.17) is 9.47 Å². The number of benzene rings is 1. The summed E-state index contributed by atoms with van der Waals surface area (Å²) < 4.78 is 24.0. The van der Waals surface area contributed by atoms with Crippen LogP contribution in [0.25, 0.3) is 0 Å². The molecular formula is C19H23FN2O5. The Balaban J connectivity index is 1.62. The van der Waals surface area contributed by atoms with Crippen molar-refractivity contribution in [3.05, 3.63) is 29.6 Å². The highest BCUT2D eigenvalue weighted by atomic mass is 19.1. The van der Waals surface area contributed by atoms with Crippen molar-refractivity contribution in [1.29, 1.82) is 0 Å². The van der Waals surface area contributed by atoms with E-state index in [2.05, 4.69) is 5.32 Å². The maximum atomic E-state index is 13.6. The van der Waals surface area contributed by atoms with Crippen molar-refractivity contribution in [1.82, 2.24) is 4.90 Å². The third-order valence-corrected chi connectivity index (χ3v) is 4.83. The summed E-state index contributed by atoms with van der Waals surface area (Å²) in [6, 6.07) is 3.47. The number of halogens is 1. The number of ether oxygens (including phenoxy) is 2. The average molecular weight is 378 g/mol. The molecule has 8 heteroatoms. The first kappa shape index (κ1) is 19.3. The van der Waals surface area contributed by atoms with Gasteiger partial charge in [-0.3, -0.25) is 9.59 Å². The molecular weight excluding hydrogens is 355 g/mol. The van der Waals surface area contributed by atoms with Gasteiger partial charge in [0.2, 0.25) is 5.91 Å². The number of carbonyl (C=O) groups excluding carboxylic acids is 3. The van der Waals surface area contributed by atoms with Gasteiger partial charge in [0.1, 0.15) is 5.82 Å². The van der Waals surface area contributed by atoms with Crippen molar-refractivity contribution in [2.24, 2.45) is 11.8 Å². The molecule has 0 unspecified atom stereocenters. The van der Waals surface area contributed by atoms with Gasteiger partial charge in [0, 0.05) is 19.0 Å². The van der Waals surface area contributed by atoms with E-state index in [-0.39, 0.29) is 35.1 Å². The second-order valence-electron chi connectivity index (χ2n) is 7.10.